The van der Waals surface area contributed by atoms with Crippen LogP contribution in [0.2, 0.25) is 0 Å². The second-order valence-corrected chi connectivity index (χ2v) is 12.9. The zero-order valence-electron chi connectivity index (χ0n) is 27.2. The molecule has 8 heteroatoms. The van der Waals surface area contributed by atoms with Gasteiger partial charge in [-0.3, -0.25) is 9.59 Å². The first-order valence-electron chi connectivity index (χ1n) is 14.8. The van der Waals surface area contributed by atoms with Crippen LogP contribution in [-0.4, -0.2) is 54.4 Å². The van der Waals surface area contributed by atoms with E-state index in [0.717, 1.165) is 42.6 Å². The molecular weight excluding hydrogens is 568 g/mol. The molecule has 0 unspecified atom stereocenters. The van der Waals surface area contributed by atoms with E-state index >= 15 is 0 Å². The SMILES string of the molecule is CC(C)(C)c1cc(O)cc(CNCCCNC(=O)c2cccc(C=O)c2)c1.Cc1ccccc1.Cc1csc(CN(C)C)n1. The van der Waals surface area contributed by atoms with Crippen LogP contribution in [0, 0.1) is 13.8 Å². The Bertz CT molecular complexity index is 1430. The van der Waals surface area contributed by atoms with Crippen LogP contribution in [0.25, 0.3) is 0 Å². The molecule has 0 fully saturated rings. The molecule has 0 aliphatic heterocycles. The average molecular weight is 617 g/mol. The Morgan fingerprint density at radius 1 is 0.977 bits per heavy atom. The van der Waals surface area contributed by atoms with E-state index in [0.29, 0.717) is 24.2 Å². The molecule has 0 saturated heterocycles. The number of nitrogens with one attached hydrogen (secondary N) is 2. The molecule has 1 heterocycles. The Balaban J connectivity index is 0.000000320. The minimum Gasteiger partial charge on any atom is -0.508 e. The van der Waals surface area contributed by atoms with Crippen LogP contribution in [0.1, 0.15) is 75.3 Å². The Morgan fingerprint density at radius 3 is 2.27 bits per heavy atom. The van der Waals surface area contributed by atoms with Gasteiger partial charge in [-0.25, -0.2) is 4.98 Å². The minimum absolute atomic E-state index is 0.0150. The molecule has 0 bridgehead atoms. The van der Waals surface area contributed by atoms with Crippen LogP contribution in [0.15, 0.2) is 78.2 Å². The van der Waals surface area contributed by atoms with E-state index in [9.17, 15) is 14.7 Å². The summed E-state index contributed by atoms with van der Waals surface area (Å²) in [6, 6.07) is 22.6. The Labute approximate surface area is 267 Å². The third-order valence-electron chi connectivity index (χ3n) is 6.33. The zero-order valence-corrected chi connectivity index (χ0v) is 28.0. The smallest absolute Gasteiger partial charge is 0.251 e. The van der Waals surface area contributed by atoms with Gasteiger partial charge in [0.15, 0.2) is 0 Å². The molecule has 44 heavy (non-hydrogen) atoms. The number of aryl methyl sites for hydroxylation is 2. The maximum atomic E-state index is 12.1. The normalized spacial score (nSPS) is 10.7. The van der Waals surface area contributed by atoms with Crippen molar-refractivity contribution < 1.29 is 14.7 Å². The third kappa shape index (κ3) is 14.6. The molecular formula is C36H48N4O3S. The maximum absolute atomic E-state index is 12.1. The lowest BCUT2D eigenvalue weighted by Crippen LogP contribution is -2.27. The highest BCUT2D eigenvalue weighted by Crippen LogP contribution is 2.27. The number of aldehydes is 1. The summed E-state index contributed by atoms with van der Waals surface area (Å²) in [6.07, 6.45) is 1.51. The summed E-state index contributed by atoms with van der Waals surface area (Å²) in [5.74, 6) is 0.102. The number of hydrogen-bond donors (Lipinski definition) is 3. The van der Waals surface area contributed by atoms with Gasteiger partial charge in [-0.05, 0) is 81.7 Å². The summed E-state index contributed by atoms with van der Waals surface area (Å²) in [5, 5.41) is 19.4. The van der Waals surface area contributed by atoms with Crippen LogP contribution in [0.3, 0.4) is 0 Å². The van der Waals surface area contributed by atoms with Gasteiger partial charge >= 0.3 is 0 Å². The van der Waals surface area contributed by atoms with Gasteiger partial charge in [0.2, 0.25) is 0 Å². The van der Waals surface area contributed by atoms with Gasteiger partial charge in [0, 0.05) is 41.8 Å². The molecule has 0 saturated carbocycles. The molecule has 1 aromatic heterocycles. The van der Waals surface area contributed by atoms with Crippen molar-refractivity contribution >= 4 is 23.5 Å². The Morgan fingerprint density at radius 2 is 1.70 bits per heavy atom. The average Bonchev–Trinajstić information content (AvgIpc) is 3.38. The fourth-order valence-corrected chi connectivity index (χ4v) is 4.88. The molecule has 236 valence electrons. The molecule has 0 aliphatic rings. The molecule has 3 N–H and O–H groups in total. The fraction of sp³-hybridized carbons (Fsp3) is 0.361. The predicted molar refractivity (Wildman–Crippen MR) is 183 cm³/mol. The number of rotatable bonds is 10. The van der Waals surface area contributed by atoms with Crippen LogP contribution < -0.4 is 10.6 Å². The lowest BCUT2D eigenvalue weighted by Gasteiger charge is -2.20. The van der Waals surface area contributed by atoms with Crippen molar-refractivity contribution in [1.82, 2.24) is 20.5 Å². The first kappa shape index (κ1) is 36.3. The molecule has 4 aromatic rings. The number of carbonyl (C=O) groups excluding carboxylic acids is 2. The quantitative estimate of drug-likeness (QED) is 0.132. The molecule has 1 amide bonds. The predicted octanol–water partition coefficient (Wildman–Crippen LogP) is 6.92. The van der Waals surface area contributed by atoms with E-state index in [1.807, 2.05) is 25.1 Å². The van der Waals surface area contributed by atoms with Crippen molar-refractivity contribution in [3.8, 4) is 5.75 Å². The number of phenols is 1. The molecule has 3 aromatic carbocycles. The van der Waals surface area contributed by atoms with Crippen molar-refractivity contribution in [2.75, 3.05) is 27.2 Å². The highest BCUT2D eigenvalue weighted by atomic mass is 32.1. The lowest BCUT2D eigenvalue weighted by molar-refractivity contribution is 0.0953. The second-order valence-electron chi connectivity index (χ2n) is 11.9. The first-order chi connectivity index (χ1) is 20.9. The first-order valence-corrected chi connectivity index (χ1v) is 15.7. The standard InChI is InChI=1S/C22H28N2O3.C7H12N2S.C7H8/c1-22(2,3)19-11-17(12-20(26)13-19)14-23-8-5-9-24-21(27)18-7-4-6-16(10-18)15-25;1-6-5-10-7(8-6)4-9(2)3;1-7-5-3-2-4-6-7/h4,6-7,10-13,15,23,26H,5,8-9,14H2,1-3H3,(H,24,27);5H,4H2,1-3H3;2-6H,1H3. The number of phenolic OH excluding ortho intramolecular Hbond substituents is 1. The van der Waals surface area contributed by atoms with E-state index in [-0.39, 0.29) is 17.1 Å². The van der Waals surface area contributed by atoms with Gasteiger partial charge in [-0.1, -0.05) is 74.9 Å². The molecule has 4 rings (SSSR count). The number of thiazole rings is 1. The van der Waals surface area contributed by atoms with Gasteiger partial charge in [0.1, 0.15) is 17.0 Å². The number of aromatic nitrogens is 1. The third-order valence-corrected chi connectivity index (χ3v) is 7.28. The van der Waals surface area contributed by atoms with Crippen LogP contribution >= 0.6 is 11.3 Å². The number of benzene rings is 3. The molecule has 7 nitrogen and oxygen atoms in total. The Hall–Kier alpha value is -3.85. The van der Waals surface area contributed by atoms with Gasteiger partial charge in [0.25, 0.3) is 5.91 Å². The van der Waals surface area contributed by atoms with Crippen molar-refractivity contribution in [2.24, 2.45) is 0 Å². The zero-order chi connectivity index (χ0) is 32.5. The molecule has 0 spiro atoms. The highest BCUT2D eigenvalue weighted by molar-refractivity contribution is 7.09. The number of amides is 1. The number of nitrogens with zero attached hydrogens (tertiary/aromatic N) is 2. The summed E-state index contributed by atoms with van der Waals surface area (Å²) >= 11 is 1.73. The molecule has 0 atom stereocenters. The van der Waals surface area contributed by atoms with Crippen molar-refractivity contribution in [2.45, 2.75) is 59.5 Å². The summed E-state index contributed by atoms with van der Waals surface area (Å²) in [7, 11) is 4.10. The topological polar surface area (TPSA) is 94.6 Å². The summed E-state index contributed by atoms with van der Waals surface area (Å²) in [5.41, 5.74) is 5.55. The summed E-state index contributed by atoms with van der Waals surface area (Å²) in [4.78, 5) is 29.3. The van der Waals surface area contributed by atoms with Crippen molar-refractivity contribution in [3.05, 3.63) is 117 Å². The van der Waals surface area contributed by atoms with E-state index in [1.165, 1.54) is 10.6 Å². The van der Waals surface area contributed by atoms with Gasteiger partial charge in [-0.2, -0.15) is 0 Å². The van der Waals surface area contributed by atoms with Gasteiger partial charge < -0.3 is 20.6 Å². The number of carbonyl (C=O) groups is 2. The summed E-state index contributed by atoms with van der Waals surface area (Å²) < 4.78 is 0. The number of aromatic hydroxyl groups is 1. The minimum atomic E-state index is -0.179. The van der Waals surface area contributed by atoms with Crippen LogP contribution in [0.4, 0.5) is 0 Å². The van der Waals surface area contributed by atoms with Crippen molar-refractivity contribution in [1.29, 1.82) is 0 Å². The van der Waals surface area contributed by atoms with Crippen LogP contribution in [0.5, 0.6) is 5.75 Å². The lowest BCUT2D eigenvalue weighted by atomic mass is 9.86. The number of hydrogen-bond acceptors (Lipinski definition) is 7. The largest absolute Gasteiger partial charge is 0.508 e. The monoisotopic (exact) mass is 616 g/mol. The molecule has 0 aliphatic carbocycles. The maximum Gasteiger partial charge on any atom is 0.251 e. The van der Waals surface area contributed by atoms with E-state index < -0.39 is 0 Å². The van der Waals surface area contributed by atoms with E-state index in [4.69, 9.17) is 0 Å². The van der Waals surface area contributed by atoms with Gasteiger partial charge in [-0.15, -0.1) is 11.3 Å². The second kappa shape index (κ2) is 18.7. The summed E-state index contributed by atoms with van der Waals surface area (Å²) in [6.45, 7) is 13.4. The van der Waals surface area contributed by atoms with E-state index in [2.05, 4.69) is 85.9 Å². The van der Waals surface area contributed by atoms with Crippen molar-refractivity contribution in [3.63, 3.8) is 0 Å². The highest BCUT2D eigenvalue weighted by Gasteiger charge is 2.15. The Kier molecular flexibility index (Phi) is 15.5. The fourth-order valence-electron chi connectivity index (χ4n) is 3.99. The van der Waals surface area contributed by atoms with E-state index in [1.54, 1.807) is 47.7 Å². The van der Waals surface area contributed by atoms with Crippen LogP contribution in [-0.2, 0) is 18.5 Å². The molecule has 0 radical (unpaired) electrons. The van der Waals surface area contributed by atoms with Gasteiger partial charge in [0.05, 0.1) is 0 Å².